The number of nitriles is 1. The molecule has 0 spiro atoms. The lowest BCUT2D eigenvalue weighted by molar-refractivity contribution is 0.106. The molecule has 1 rings (SSSR count). The summed E-state index contributed by atoms with van der Waals surface area (Å²) in [6, 6.07) is 8.65. The molecule has 21 heavy (non-hydrogen) atoms. The van der Waals surface area contributed by atoms with E-state index in [4.69, 9.17) is 10.00 Å². The van der Waals surface area contributed by atoms with E-state index in [0.717, 1.165) is 0 Å². The first-order chi connectivity index (χ1) is 10.2. The Hall–Kier alpha value is -2.30. The van der Waals surface area contributed by atoms with Crippen molar-refractivity contribution in [1.29, 1.82) is 5.26 Å². The number of rotatable bonds is 8. The SMILES string of the molecule is CNC(=O)NCCNC[C@@H](O)COc1ccccc1C#N. The number of carbonyl (C=O) groups excluding carboxylic acids is 1. The number of hydrogen-bond acceptors (Lipinski definition) is 5. The molecule has 0 aliphatic carbocycles. The van der Waals surface area contributed by atoms with Gasteiger partial charge in [-0.25, -0.2) is 4.79 Å². The summed E-state index contributed by atoms with van der Waals surface area (Å²) in [5.41, 5.74) is 0.437. The third kappa shape index (κ3) is 6.61. The van der Waals surface area contributed by atoms with E-state index in [2.05, 4.69) is 16.0 Å². The summed E-state index contributed by atoms with van der Waals surface area (Å²) in [4.78, 5) is 10.9. The fraction of sp³-hybridized carbons (Fsp3) is 0.429. The van der Waals surface area contributed by atoms with E-state index in [0.29, 0.717) is 30.9 Å². The molecule has 0 bridgehead atoms. The molecule has 0 heterocycles. The second-order valence-electron chi connectivity index (χ2n) is 4.28. The molecule has 114 valence electrons. The minimum Gasteiger partial charge on any atom is -0.489 e. The molecule has 1 aromatic carbocycles. The molecule has 7 nitrogen and oxygen atoms in total. The van der Waals surface area contributed by atoms with Crippen LogP contribution >= 0.6 is 0 Å². The topological polar surface area (TPSA) is 106 Å². The fourth-order valence-electron chi connectivity index (χ4n) is 1.55. The first kappa shape index (κ1) is 16.8. The maximum Gasteiger partial charge on any atom is 0.314 e. The van der Waals surface area contributed by atoms with Crippen LogP contribution in [0.25, 0.3) is 0 Å². The molecule has 7 heteroatoms. The van der Waals surface area contributed by atoms with E-state index < -0.39 is 6.10 Å². The first-order valence-electron chi connectivity index (χ1n) is 6.63. The number of urea groups is 1. The molecular weight excluding hydrogens is 272 g/mol. The number of carbonyl (C=O) groups is 1. The van der Waals surface area contributed by atoms with Gasteiger partial charge >= 0.3 is 6.03 Å². The lowest BCUT2D eigenvalue weighted by Gasteiger charge is -2.14. The number of nitrogens with zero attached hydrogens (tertiary/aromatic N) is 1. The molecule has 1 atom stereocenters. The average molecular weight is 292 g/mol. The molecule has 0 fully saturated rings. The first-order valence-corrected chi connectivity index (χ1v) is 6.63. The molecule has 0 radical (unpaired) electrons. The molecule has 0 saturated carbocycles. The lowest BCUT2D eigenvalue weighted by Crippen LogP contribution is -2.39. The average Bonchev–Trinajstić information content (AvgIpc) is 2.52. The number of hydrogen-bond donors (Lipinski definition) is 4. The molecule has 0 aliphatic rings. The van der Waals surface area contributed by atoms with Gasteiger partial charge in [0.05, 0.1) is 5.56 Å². The highest BCUT2D eigenvalue weighted by atomic mass is 16.5. The Labute approximate surface area is 123 Å². The molecular formula is C14H20N4O3. The fourth-order valence-corrected chi connectivity index (χ4v) is 1.55. The number of para-hydroxylation sites is 1. The Morgan fingerprint density at radius 2 is 2.19 bits per heavy atom. The number of benzene rings is 1. The molecule has 4 N–H and O–H groups in total. The highest BCUT2D eigenvalue weighted by molar-refractivity contribution is 5.73. The summed E-state index contributed by atoms with van der Waals surface area (Å²) < 4.78 is 5.41. The van der Waals surface area contributed by atoms with Crippen molar-refractivity contribution in [2.24, 2.45) is 0 Å². The van der Waals surface area contributed by atoms with Crippen molar-refractivity contribution in [2.75, 3.05) is 33.3 Å². The Balaban J connectivity index is 2.18. The van der Waals surface area contributed by atoms with Crippen LogP contribution in [-0.4, -0.2) is 50.5 Å². The highest BCUT2D eigenvalue weighted by Crippen LogP contribution is 2.16. The van der Waals surface area contributed by atoms with Gasteiger partial charge in [-0.05, 0) is 12.1 Å². The Morgan fingerprint density at radius 1 is 1.43 bits per heavy atom. The zero-order chi connectivity index (χ0) is 15.5. The summed E-state index contributed by atoms with van der Waals surface area (Å²) in [7, 11) is 1.54. The minimum atomic E-state index is -0.697. The second kappa shape index (κ2) is 9.58. The predicted molar refractivity (Wildman–Crippen MR) is 78.0 cm³/mol. The zero-order valence-electron chi connectivity index (χ0n) is 11.9. The van der Waals surface area contributed by atoms with E-state index in [9.17, 15) is 9.90 Å². The third-order valence-electron chi connectivity index (χ3n) is 2.63. The van der Waals surface area contributed by atoms with Crippen LogP contribution < -0.4 is 20.7 Å². The largest absolute Gasteiger partial charge is 0.489 e. The summed E-state index contributed by atoms with van der Waals surface area (Å²) in [5.74, 6) is 0.459. The van der Waals surface area contributed by atoms with Crippen LogP contribution in [0, 0.1) is 11.3 Å². The van der Waals surface area contributed by atoms with Crippen LogP contribution in [0.3, 0.4) is 0 Å². The summed E-state index contributed by atoms with van der Waals surface area (Å²) in [5, 5.41) is 26.7. The van der Waals surface area contributed by atoms with E-state index >= 15 is 0 Å². The molecule has 2 amide bonds. The van der Waals surface area contributed by atoms with E-state index in [1.807, 2.05) is 6.07 Å². The van der Waals surface area contributed by atoms with Crippen molar-refractivity contribution < 1.29 is 14.6 Å². The van der Waals surface area contributed by atoms with E-state index in [1.54, 1.807) is 31.3 Å². The van der Waals surface area contributed by atoms with E-state index in [1.165, 1.54) is 0 Å². The van der Waals surface area contributed by atoms with Crippen molar-refractivity contribution in [3.63, 3.8) is 0 Å². The quantitative estimate of drug-likeness (QED) is 0.497. The van der Waals surface area contributed by atoms with Crippen LogP contribution in [0.5, 0.6) is 5.75 Å². The van der Waals surface area contributed by atoms with Gasteiger partial charge in [-0.3, -0.25) is 0 Å². The van der Waals surface area contributed by atoms with Gasteiger partial charge in [0.25, 0.3) is 0 Å². The Morgan fingerprint density at radius 3 is 2.90 bits per heavy atom. The summed E-state index contributed by atoms with van der Waals surface area (Å²) in [6.07, 6.45) is -0.697. The van der Waals surface area contributed by atoms with Crippen LogP contribution in [0.4, 0.5) is 4.79 Å². The smallest absolute Gasteiger partial charge is 0.314 e. The van der Waals surface area contributed by atoms with Crippen LogP contribution in [0.1, 0.15) is 5.56 Å². The van der Waals surface area contributed by atoms with Gasteiger partial charge in [-0.15, -0.1) is 0 Å². The van der Waals surface area contributed by atoms with Gasteiger partial charge < -0.3 is 25.8 Å². The number of aliphatic hydroxyl groups excluding tert-OH is 1. The second-order valence-corrected chi connectivity index (χ2v) is 4.28. The summed E-state index contributed by atoms with van der Waals surface area (Å²) in [6.45, 7) is 1.43. The number of ether oxygens (including phenoxy) is 1. The minimum absolute atomic E-state index is 0.0918. The normalized spacial score (nSPS) is 11.3. The van der Waals surface area contributed by atoms with Crippen LogP contribution in [-0.2, 0) is 0 Å². The van der Waals surface area contributed by atoms with E-state index in [-0.39, 0.29) is 12.6 Å². The monoisotopic (exact) mass is 292 g/mol. The van der Waals surface area contributed by atoms with Gasteiger partial charge in [-0.1, -0.05) is 12.1 Å². The molecule has 1 aromatic rings. The van der Waals surface area contributed by atoms with Crippen molar-refractivity contribution in [2.45, 2.75) is 6.10 Å². The Kier molecular flexibility index (Phi) is 7.64. The lowest BCUT2D eigenvalue weighted by atomic mass is 10.2. The molecule has 0 aliphatic heterocycles. The zero-order valence-corrected chi connectivity index (χ0v) is 11.9. The van der Waals surface area contributed by atoms with Crippen molar-refractivity contribution in [3.05, 3.63) is 29.8 Å². The van der Waals surface area contributed by atoms with Crippen LogP contribution in [0.2, 0.25) is 0 Å². The van der Waals surface area contributed by atoms with Gasteiger partial charge in [0.15, 0.2) is 0 Å². The van der Waals surface area contributed by atoms with Gasteiger partial charge in [0.2, 0.25) is 0 Å². The van der Waals surface area contributed by atoms with Gasteiger partial charge in [0, 0.05) is 26.7 Å². The maximum absolute atomic E-state index is 10.9. The molecule has 0 unspecified atom stereocenters. The molecule has 0 aromatic heterocycles. The van der Waals surface area contributed by atoms with Crippen molar-refractivity contribution in [1.82, 2.24) is 16.0 Å². The number of amides is 2. The summed E-state index contributed by atoms with van der Waals surface area (Å²) >= 11 is 0. The maximum atomic E-state index is 10.9. The van der Waals surface area contributed by atoms with Gasteiger partial charge in [0.1, 0.15) is 24.5 Å². The predicted octanol–water partition coefficient (Wildman–Crippen LogP) is -0.183. The molecule has 0 saturated heterocycles. The number of nitrogens with one attached hydrogen (secondary N) is 3. The van der Waals surface area contributed by atoms with Crippen LogP contribution in [0.15, 0.2) is 24.3 Å². The van der Waals surface area contributed by atoms with Crippen molar-refractivity contribution in [3.8, 4) is 11.8 Å². The Bertz CT molecular complexity index is 487. The number of aliphatic hydroxyl groups is 1. The van der Waals surface area contributed by atoms with Gasteiger partial charge in [-0.2, -0.15) is 5.26 Å². The van der Waals surface area contributed by atoms with Crippen molar-refractivity contribution >= 4 is 6.03 Å². The third-order valence-corrected chi connectivity index (χ3v) is 2.63. The highest BCUT2D eigenvalue weighted by Gasteiger charge is 2.07. The standard InChI is InChI=1S/C14H20N4O3/c1-16-14(20)18-7-6-17-9-12(19)10-21-13-5-3-2-4-11(13)8-15/h2-5,12,17,19H,6-7,9-10H2,1H3,(H2,16,18,20)/t12-/m1/s1.